The molecule has 0 saturated carbocycles. The van der Waals surface area contributed by atoms with Gasteiger partial charge >= 0.3 is 0 Å². The van der Waals surface area contributed by atoms with E-state index >= 15 is 0 Å². The van der Waals surface area contributed by atoms with Crippen LogP contribution in [-0.4, -0.2) is 25.9 Å². The lowest BCUT2D eigenvalue weighted by molar-refractivity contribution is 0.000795. The summed E-state index contributed by atoms with van der Waals surface area (Å²) in [4.78, 5) is 0. The van der Waals surface area contributed by atoms with Crippen molar-refractivity contribution in [3.05, 3.63) is 29.8 Å². The molecule has 0 aliphatic rings. The van der Waals surface area contributed by atoms with E-state index in [1.165, 1.54) is 0 Å². The zero-order valence-corrected chi connectivity index (χ0v) is 10.5. The van der Waals surface area contributed by atoms with Gasteiger partial charge in [-0.1, -0.05) is 12.1 Å². The van der Waals surface area contributed by atoms with Crippen LogP contribution >= 0.6 is 0 Å². The van der Waals surface area contributed by atoms with Crippen LogP contribution in [-0.2, 0) is 11.2 Å². The molecule has 3 nitrogen and oxygen atoms in total. The number of ether oxygens (including phenoxy) is 2. The highest BCUT2D eigenvalue weighted by Crippen LogP contribution is 2.19. The van der Waals surface area contributed by atoms with Gasteiger partial charge in [-0.2, -0.15) is 0 Å². The number of hydrogen-bond donors (Lipinski definition) is 1. The maximum absolute atomic E-state index is 6.12. The van der Waals surface area contributed by atoms with Crippen LogP contribution in [0.1, 0.15) is 19.4 Å². The fraction of sp³-hybridized carbons (Fsp3) is 0.538. The van der Waals surface area contributed by atoms with Crippen LogP contribution in [0.25, 0.3) is 0 Å². The molecule has 0 saturated heterocycles. The van der Waals surface area contributed by atoms with Crippen molar-refractivity contribution in [2.45, 2.75) is 31.9 Å². The van der Waals surface area contributed by atoms with Crippen LogP contribution < -0.4 is 10.5 Å². The van der Waals surface area contributed by atoms with E-state index in [1.807, 2.05) is 38.1 Å². The lowest BCUT2D eigenvalue weighted by Crippen LogP contribution is -2.46. The maximum Gasteiger partial charge on any atom is 0.119 e. The summed E-state index contributed by atoms with van der Waals surface area (Å²) in [6, 6.07) is 7.92. The minimum atomic E-state index is -0.316. The van der Waals surface area contributed by atoms with Crippen molar-refractivity contribution in [1.29, 1.82) is 0 Å². The van der Waals surface area contributed by atoms with Gasteiger partial charge in [0.2, 0.25) is 0 Å². The Bertz CT molecular complexity index is 336. The largest absolute Gasteiger partial charge is 0.497 e. The number of rotatable bonds is 5. The van der Waals surface area contributed by atoms with Gasteiger partial charge in [-0.25, -0.2) is 0 Å². The van der Waals surface area contributed by atoms with E-state index < -0.39 is 0 Å². The van der Waals surface area contributed by atoms with Crippen LogP contribution in [0.5, 0.6) is 5.75 Å². The molecule has 2 N–H and O–H groups in total. The van der Waals surface area contributed by atoms with Crippen molar-refractivity contribution in [3.8, 4) is 5.75 Å². The molecule has 0 aromatic heterocycles. The van der Waals surface area contributed by atoms with E-state index in [2.05, 4.69) is 0 Å². The van der Waals surface area contributed by atoms with Crippen LogP contribution in [0, 0.1) is 0 Å². The lowest BCUT2D eigenvalue weighted by Gasteiger charge is -2.30. The summed E-state index contributed by atoms with van der Waals surface area (Å²) in [5.74, 6) is 0.861. The lowest BCUT2D eigenvalue weighted by atomic mass is 9.93. The Balaban J connectivity index is 2.72. The normalized spacial score (nSPS) is 13.6. The van der Waals surface area contributed by atoms with Crippen LogP contribution in [0.3, 0.4) is 0 Å². The van der Waals surface area contributed by atoms with E-state index in [0.717, 1.165) is 17.7 Å². The van der Waals surface area contributed by atoms with Gasteiger partial charge in [0.05, 0.1) is 12.7 Å². The maximum atomic E-state index is 6.12. The Morgan fingerprint density at radius 2 is 2.00 bits per heavy atom. The second kappa shape index (κ2) is 5.32. The standard InChI is InChI=1S/C13H21NO2/c1-13(2,16-4)12(14)9-10-6-5-7-11(8-10)15-3/h5-8,12H,9,14H2,1-4H3. The smallest absolute Gasteiger partial charge is 0.119 e. The minimum absolute atomic E-state index is 0.0374. The average Bonchev–Trinajstić information content (AvgIpc) is 2.29. The average molecular weight is 223 g/mol. The molecule has 1 atom stereocenters. The molecule has 0 spiro atoms. The first-order valence-corrected chi connectivity index (χ1v) is 5.43. The van der Waals surface area contributed by atoms with Gasteiger partial charge in [-0.15, -0.1) is 0 Å². The summed E-state index contributed by atoms with van der Waals surface area (Å²) in [6.07, 6.45) is 0.776. The molecule has 0 amide bonds. The molecular weight excluding hydrogens is 202 g/mol. The van der Waals surface area contributed by atoms with Crippen molar-refractivity contribution < 1.29 is 9.47 Å². The third-order valence-electron chi connectivity index (χ3n) is 3.01. The summed E-state index contributed by atoms with van der Waals surface area (Å²) in [7, 11) is 3.35. The summed E-state index contributed by atoms with van der Waals surface area (Å²) in [5.41, 5.74) is 6.97. The highest BCUT2D eigenvalue weighted by Gasteiger charge is 2.25. The number of hydrogen-bond acceptors (Lipinski definition) is 3. The SMILES string of the molecule is COc1cccc(CC(N)C(C)(C)OC)c1. The van der Waals surface area contributed by atoms with Crippen molar-refractivity contribution in [1.82, 2.24) is 0 Å². The van der Waals surface area contributed by atoms with Crippen molar-refractivity contribution in [3.63, 3.8) is 0 Å². The van der Waals surface area contributed by atoms with Crippen molar-refractivity contribution in [2.75, 3.05) is 14.2 Å². The molecular formula is C13H21NO2. The summed E-state index contributed by atoms with van der Waals surface area (Å²) < 4.78 is 10.5. The van der Waals surface area contributed by atoms with Crippen LogP contribution in [0.2, 0.25) is 0 Å². The highest BCUT2D eigenvalue weighted by atomic mass is 16.5. The first-order valence-electron chi connectivity index (χ1n) is 5.43. The zero-order chi connectivity index (χ0) is 12.2. The molecule has 0 aliphatic carbocycles. The molecule has 1 rings (SSSR count). The Labute approximate surface area is 97.6 Å². The summed E-state index contributed by atoms with van der Waals surface area (Å²) in [6.45, 7) is 4.00. The first-order chi connectivity index (χ1) is 7.49. The molecule has 16 heavy (non-hydrogen) atoms. The molecule has 0 heterocycles. The molecule has 3 heteroatoms. The predicted molar refractivity (Wildman–Crippen MR) is 65.8 cm³/mol. The molecule has 1 aromatic carbocycles. The molecule has 0 radical (unpaired) electrons. The second-order valence-electron chi connectivity index (χ2n) is 4.47. The van der Waals surface area contributed by atoms with E-state index in [9.17, 15) is 0 Å². The third kappa shape index (κ3) is 3.22. The Kier molecular flexibility index (Phi) is 4.33. The van der Waals surface area contributed by atoms with Gasteiger partial charge in [0.15, 0.2) is 0 Å². The molecule has 1 unspecified atom stereocenters. The van der Waals surface area contributed by atoms with Gasteiger partial charge in [-0.05, 0) is 38.0 Å². The topological polar surface area (TPSA) is 44.5 Å². The molecule has 0 aliphatic heterocycles. The fourth-order valence-electron chi connectivity index (χ4n) is 1.45. The van der Waals surface area contributed by atoms with Gasteiger partial charge in [0, 0.05) is 13.2 Å². The predicted octanol–water partition coefficient (Wildman–Crippen LogP) is 1.99. The van der Waals surface area contributed by atoms with Crippen LogP contribution in [0.15, 0.2) is 24.3 Å². The molecule has 0 bridgehead atoms. The first kappa shape index (κ1) is 13.0. The van der Waals surface area contributed by atoms with Gasteiger partial charge < -0.3 is 15.2 Å². The summed E-state index contributed by atoms with van der Waals surface area (Å²) in [5, 5.41) is 0. The molecule has 90 valence electrons. The fourth-order valence-corrected chi connectivity index (χ4v) is 1.45. The van der Waals surface area contributed by atoms with Crippen LogP contribution in [0.4, 0.5) is 0 Å². The van der Waals surface area contributed by atoms with Gasteiger partial charge in [0.1, 0.15) is 5.75 Å². The third-order valence-corrected chi connectivity index (χ3v) is 3.01. The minimum Gasteiger partial charge on any atom is -0.497 e. The number of methoxy groups -OCH3 is 2. The monoisotopic (exact) mass is 223 g/mol. The van der Waals surface area contributed by atoms with Gasteiger partial charge in [-0.3, -0.25) is 0 Å². The zero-order valence-electron chi connectivity index (χ0n) is 10.5. The molecule has 1 aromatic rings. The Morgan fingerprint density at radius 1 is 1.31 bits per heavy atom. The van der Waals surface area contributed by atoms with Gasteiger partial charge in [0.25, 0.3) is 0 Å². The van der Waals surface area contributed by atoms with Crippen molar-refractivity contribution in [2.24, 2.45) is 5.73 Å². The molecule has 0 fully saturated rings. The van der Waals surface area contributed by atoms with E-state index in [4.69, 9.17) is 15.2 Å². The van der Waals surface area contributed by atoms with E-state index in [1.54, 1.807) is 14.2 Å². The van der Waals surface area contributed by atoms with Crippen molar-refractivity contribution >= 4 is 0 Å². The number of benzene rings is 1. The highest BCUT2D eigenvalue weighted by molar-refractivity contribution is 5.29. The number of nitrogens with two attached hydrogens (primary N) is 1. The van der Waals surface area contributed by atoms with E-state index in [-0.39, 0.29) is 11.6 Å². The Morgan fingerprint density at radius 3 is 2.56 bits per heavy atom. The quantitative estimate of drug-likeness (QED) is 0.830. The second-order valence-corrected chi connectivity index (χ2v) is 4.47. The van der Waals surface area contributed by atoms with E-state index in [0.29, 0.717) is 0 Å². The summed E-state index contributed by atoms with van der Waals surface area (Å²) >= 11 is 0. The Hall–Kier alpha value is -1.06.